The van der Waals surface area contributed by atoms with E-state index in [2.05, 4.69) is 22.6 Å². The largest absolute Gasteiger partial charge is 0.206 e. The predicted molar refractivity (Wildman–Crippen MR) is 79.6 cm³/mol. The van der Waals surface area contributed by atoms with Crippen LogP contribution in [0.2, 0.25) is 15.1 Å². The van der Waals surface area contributed by atoms with Gasteiger partial charge in [0.2, 0.25) is 0 Å². The zero-order chi connectivity index (χ0) is 12.6. The lowest BCUT2D eigenvalue weighted by atomic mass is 10.1. The Morgan fingerprint density at radius 3 is 2.29 bits per heavy atom. The monoisotopic (exact) mass is 400 g/mol. The third kappa shape index (κ3) is 2.55. The second-order valence-corrected chi connectivity index (χ2v) is 5.64. The van der Waals surface area contributed by atoms with E-state index in [4.69, 9.17) is 34.8 Å². The van der Waals surface area contributed by atoms with E-state index in [1.54, 1.807) is 24.3 Å². The molecule has 2 aromatic carbocycles. The van der Waals surface area contributed by atoms with Crippen molar-refractivity contribution in [2.24, 2.45) is 0 Å². The lowest BCUT2D eigenvalue weighted by Gasteiger charge is -2.10. The van der Waals surface area contributed by atoms with E-state index in [0.29, 0.717) is 16.1 Å². The molecule has 0 saturated carbocycles. The number of rotatable bonds is 1. The summed E-state index contributed by atoms with van der Waals surface area (Å²) in [5.41, 5.74) is 0.986. The van der Waals surface area contributed by atoms with Crippen molar-refractivity contribution in [3.8, 4) is 11.1 Å². The van der Waals surface area contributed by atoms with Gasteiger partial charge in [-0.2, -0.15) is 0 Å². The number of halogens is 5. The van der Waals surface area contributed by atoms with E-state index in [-0.39, 0.29) is 15.9 Å². The molecular weight excluding hydrogens is 396 g/mol. The summed E-state index contributed by atoms with van der Waals surface area (Å²) >= 11 is 19.9. The van der Waals surface area contributed by atoms with Crippen molar-refractivity contribution in [1.82, 2.24) is 0 Å². The van der Waals surface area contributed by atoms with Gasteiger partial charge in [-0.25, -0.2) is 4.39 Å². The Balaban J connectivity index is 2.74. The van der Waals surface area contributed by atoms with E-state index < -0.39 is 0 Å². The highest BCUT2D eigenvalue weighted by atomic mass is 127. The second-order valence-electron chi connectivity index (χ2n) is 3.32. The molecule has 2 rings (SSSR count). The zero-order valence-electron chi connectivity index (χ0n) is 8.28. The van der Waals surface area contributed by atoms with Gasteiger partial charge in [-0.15, -0.1) is 0 Å². The molecule has 5 heteroatoms. The smallest absolute Gasteiger partial charge is 0.132 e. The Hall–Kier alpha value is -0.0300. The minimum atomic E-state index is -0.336. The molecule has 0 aliphatic heterocycles. The summed E-state index contributed by atoms with van der Waals surface area (Å²) in [4.78, 5) is 0. The van der Waals surface area contributed by atoms with Gasteiger partial charge in [0.15, 0.2) is 0 Å². The maximum absolute atomic E-state index is 13.8. The lowest BCUT2D eigenvalue weighted by molar-refractivity contribution is 0.630. The molecule has 0 nitrogen and oxygen atoms in total. The molecule has 0 aliphatic rings. The number of benzene rings is 2. The third-order valence-electron chi connectivity index (χ3n) is 2.27. The molecule has 2 aromatic rings. The van der Waals surface area contributed by atoms with E-state index in [1.165, 1.54) is 6.07 Å². The van der Waals surface area contributed by atoms with Crippen LogP contribution in [0, 0.1) is 9.39 Å². The highest BCUT2D eigenvalue weighted by Gasteiger charge is 2.15. The summed E-state index contributed by atoms with van der Waals surface area (Å²) in [6.45, 7) is 0. The fraction of sp³-hybridized carbons (Fsp3) is 0. The Labute approximate surface area is 127 Å². The average molecular weight is 401 g/mol. The highest BCUT2D eigenvalue weighted by molar-refractivity contribution is 14.1. The van der Waals surface area contributed by atoms with Gasteiger partial charge in [0.1, 0.15) is 5.82 Å². The normalized spacial score (nSPS) is 10.6. The molecule has 0 bridgehead atoms. The van der Waals surface area contributed by atoms with Crippen molar-refractivity contribution in [2.45, 2.75) is 0 Å². The minimum absolute atomic E-state index is 0.241. The Morgan fingerprint density at radius 1 is 0.941 bits per heavy atom. The standard InChI is InChI=1S/C12H5Cl3FI/c13-7-5-4-6(11(14)12(7)15)10-8(16)2-1-3-9(10)17/h1-5H. The van der Waals surface area contributed by atoms with Crippen molar-refractivity contribution in [2.75, 3.05) is 0 Å². The van der Waals surface area contributed by atoms with Gasteiger partial charge in [0.05, 0.1) is 15.1 Å². The van der Waals surface area contributed by atoms with Crippen LogP contribution in [0.25, 0.3) is 11.1 Å². The topological polar surface area (TPSA) is 0 Å². The van der Waals surface area contributed by atoms with Gasteiger partial charge in [0.25, 0.3) is 0 Å². The summed E-state index contributed by atoms with van der Waals surface area (Å²) in [7, 11) is 0. The second kappa shape index (κ2) is 5.31. The molecule has 0 amide bonds. The Morgan fingerprint density at radius 2 is 1.65 bits per heavy atom. The SMILES string of the molecule is Fc1cccc(I)c1-c1ccc(Cl)c(Cl)c1Cl. The van der Waals surface area contributed by atoms with Crippen LogP contribution < -0.4 is 0 Å². The van der Waals surface area contributed by atoms with Crippen molar-refractivity contribution in [1.29, 1.82) is 0 Å². The van der Waals surface area contributed by atoms with Crippen molar-refractivity contribution >= 4 is 57.4 Å². The van der Waals surface area contributed by atoms with E-state index in [0.717, 1.165) is 3.57 Å². The third-order valence-corrected chi connectivity index (χ3v) is 4.46. The van der Waals surface area contributed by atoms with Gasteiger partial charge in [-0.3, -0.25) is 0 Å². The molecule has 0 aromatic heterocycles. The molecule has 0 saturated heterocycles. The van der Waals surface area contributed by atoms with Gasteiger partial charge >= 0.3 is 0 Å². The molecular formula is C12H5Cl3FI. The van der Waals surface area contributed by atoms with Crippen LogP contribution in [0.1, 0.15) is 0 Å². The van der Waals surface area contributed by atoms with Crippen LogP contribution >= 0.6 is 57.4 Å². The molecule has 0 spiro atoms. The van der Waals surface area contributed by atoms with E-state index in [9.17, 15) is 4.39 Å². The summed E-state index contributed by atoms with van der Waals surface area (Å²) in [5.74, 6) is -0.336. The van der Waals surface area contributed by atoms with E-state index >= 15 is 0 Å². The van der Waals surface area contributed by atoms with Crippen molar-refractivity contribution < 1.29 is 4.39 Å². The van der Waals surface area contributed by atoms with Crippen LogP contribution in [0.4, 0.5) is 4.39 Å². The van der Waals surface area contributed by atoms with Gasteiger partial charge in [-0.1, -0.05) is 46.9 Å². The minimum Gasteiger partial charge on any atom is -0.206 e. The molecule has 88 valence electrons. The number of hydrogen-bond acceptors (Lipinski definition) is 0. The zero-order valence-corrected chi connectivity index (χ0v) is 12.7. The molecule has 0 unspecified atom stereocenters. The molecule has 0 heterocycles. The van der Waals surface area contributed by atoms with Crippen LogP contribution in [-0.2, 0) is 0 Å². The molecule has 0 atom stereocenters. The van der Waals surface area contributed by atoms with Crippen molar-refractivity contribution in [3.05, 3.63) is 54.8 Å². The lowest BCUT2D eigenvalue weighted by Crippen LogP contribution is -1.90. The average Bonchev–Trinajstić information content (AvgIpc) is 2.29. The fourth-order valence-corrected chi connectivity index (χ4v) is 2.86. The molecule has 0 N–H and O–H groups in total. The first kappa shape index (κ1) is 13.4. The van der Waals surface area contributed by atoms with Crippen LogP contribution in [-0.4, -0.2) is 0 Å². The van der Waals surface area contributed by atoms with Crippen LogP contribution in [0.3, 0.4) is 0 Å². The Bertz CT molecular complexity index is 564. The first-order valence-electron chi connectivity index (χ1n) is 4.60. The first-order chi connectivity index (χ1) is 8.02. The maximum atomic E-state index is 13.8. The highest BCUT2D eigenvalue weighted by Crippen LogP contribution is 2.40. The van der Waals surface area contributed by atoms with Gasteiger partial charge < -0.3 is 0 Å². The van der Waals surface area contributed by atoms with Gasteiger partial charge in [0, 0.05) is 14.7 Å². The van der Waals surface area contributed by atoms with Gasteiger partial charge in [-0.05, 0) is 40.8 Å². The fourth-order valence-electron chi connectivity index (χ4n) is 1.47. The summed E-state index contributed by atoms with van der Waals surface area (Å²) in [6.07, 6.45) is 0. The summed E-state index contributed by atoms with van der Waals surface area (Å²) in [5, 5.41) is 0.860. The summed E-state index contributed by atoms with van der Waals surface area (Å²) < 4.78 is 14.6. The Kier molecular flexibility index (Phi) is 4.18. The first-order valence-corrected chi connectivity index (χ1v) is 6.81. The quantitative estimate of drug-likeness (QED) is 0.403. The van der Waals surface area contributed by atoms with Crippen LogP contribution in [0.15, 0.2) is 30.3 Å². The molecule has 0 radical (unpaired) electrons. The maximum Gasteiger partial charge on any atom is 0.132 e. The summed E-state index contributed by atoms with van der Waals surface area (Å²) in [6, 6.07) is 8.10. The predicted octanol–water partition coefficient (Wildman–Crippen LogP) is 6.06. The van der Waals surface area contributed by atoms with Crippen LogP contribution in [0.5, 0.6) is 0 Å². The molecule has 17 heavy (non-hydrogen) atoms. The number of hydrogen-bond donors (Lipinski definition) is 0. The molecule has 0 fully saturated rings. The molecule has 0 aliphatic carbocycles. The van der Waals surface area contributed by atoms with Crippen molar-refractivity contribution in [3.63, 3.8) is 0 Å². The van der Waals surface area contributed by atoms with E-state index in [1.807, 2.05) is 0 Å².